The van der Waals surface area contributed by atoms with Crippen LogP contribution >= 0.6 is 11.8 Å². The average Bonchev–Trinajstić information content (AvgIpc) is 3.10. The van der Waals surface area contributed by atoms with Gasteiger partial charge in [-0.15, -0.1) is 11.8 Å². The molecule has 142 valence electrons. The van der Waals surface area contributed by atoms with E-state index in [1.807, 2.05) is 11.8 Å². The van der Waals surface area contributed by atoms with E-state index in [0.29, 0.717) is 32.5 Å². The summed E-state index contributed by atoms with van der Waals surface area (Å²) < 4.78 is 0.0737. The summed E-state index contributed by atoms with van der Waals surface area (Å²) in [4.78, 5) is 26.6. The lowest BCUT2D eigenvalue weighted by atomic mass is 9.97. The molecular formula is C20H28N2O3S. The van der Waals surface area contributed by atoms with Crippen molar-refractivity contribution in [2.45, 2.75) is 55.1 Å². The van der Waals surface area contributed by atoms with E-state index in [0.717, 1.165) is 12.8 Å². The Labute approximate surface area is 159 Å². The van der Waals surface area contributed by atoms with Crippen LogP contribution in [0.3, 0.4) is 0 Å². The molecule has 1 heterocycles. The molecule has 5 nitrogen and oxygen atoms in total. The molecule has 0 spiro atoms. The van der Waals surface area contributed by atoms with Crippen molar-refractivity contribution in [3.8, 4) is 0 Å². The molecule has 3 rings (SSSR count). The molecule has 2 aliphatic rings. The Morgan fingerprint density at radius 3 is 2.38 bits per heavy atom. The number of rotatable bonds is 5. The number of carboxylic acids is 1. The maximum absolute atomic E-state index is 12.5. The third-order valence-corrected chi connectivity index (χ3v) is 7.06. The normalized spacial score (nSPS) is 20.1. The largest absolute Gasteiger partial charge is 0.481 e. The van der Waals surface area contributed by atoms with Crippen LogP contribution in [0.1, 0.15) is 44.1 Å². The van der Waals surface area contributed by atoms with Crippen LogP contribution < -0.4 is 5.32 Å². The number of nitrogens with one attached hydrogen (secondary N) is 1. The number of amides is 2. The van der Waals surface area contributed by atoms with Crippen molar-refractivity contribution in [1.82, 2.24) is 10.2 Å². The van der Waals surface area contributed by atoms with Gasteiger partial charge in [-0.2, -0.15) is 0 Å². The minimum atomic E-state index is -0.746. The number of aliphatic carboxylic acids is 1. The topological polar surface area (TPSA) is 69.6 Å². The summed E-state index contributed by atoms with van der Waals surface area (Å²) in [6.07, 6.45) is 5.75. The number of benzene rings is 1. The average molecular weight is 377 g/mol. The zero-order valence-corrected chi connectivity index (χ0v) is 16.2. The fourth-order valence-corrected chi connectivity index (χ4v) is 5.28. The second-order valence-electron chi connectivity index (χ2n) is 7.56. The van der Waals surface area contributed by atoms with Gasteiger partial charge in [0.1, 0.15) is 0 Å². The molecule has 1 aliphatic carbocycles. The SMILES string of the molecule is Cc1ccc(SC2(CNC(=O)N3CCC(C(=O)O)CC3)CCCC2)cc1. The van der Waals surface area contributed by atoms with E-state index in [2.05, 4.69) is 36.5 Å². The van der Waals surface area contributed by atoms with E-state index in [1.165, 1.54) is 23.3 Å². The van der Waals surface area contributed by atoms with Crippen molar-refractivity contribution < 1.29 is 14.7 Å². The number of piperidine rings is 1. The molecule has 1 aliphatic heterocycles. The quantitative estimate of drug-likeness (QED) is 0.817. The van der Waals surface area contributed by atoms with Crippen LogP contribution in [0.4, 0.5) is 4.79 Å². The molecule has 1 saturated carbocycles. The number of urea groups is 1. The Morgan fingerprint density at radius 1 is 1.19 bits per heavy atom. The molecule has 26 heavy (non-hydrogen) atoms. The van der Waals surface area contributed by atoms with Gasteiger partial charge in [0.2, 0.25) is 0 Å². The molecule has 2 N–H and O–H groups in total. The molecule has 2 fully saturated rings. The van der Waals surface area contributed by atoms with Crippen molar-refractivity contribution in [3.63, 3.8) is 0 Å². The van der Waals surface area contributed by atoms with Crippen LogP contribution in [0.2, 0.25) is 0 Å². The maximum atomic E-state index is 12.5. The van der Waals surface area contributed by atoms with Gasteiger partial charge in [-0.1, -0.05) is 30.5 Å². The highest BCUT2D eigenvalue weighted by atomic mass is 32.2. The first-order valence-corrected chi connectivity index (χ1v) is 10.3. The fourth-order valence-electron chi connectivity index (χ4n) is 3.87. The molecular weight excluding hydrogens is 348 g/mol. The van der Waals surface area contributed by atoms with Crippen LogP contribution in [-0.4, -0.2) is 46.4 Å². The zero-order valence-electron chi connectivity index (χ0n) is 15.4. The monoisotopic (exact) mass is 376 g/mol. The molecule has 0 aromatic heterocycles. The van der Waals surface area contributed by atoms with Gasteiger partial charge in [0.25, 0.3) is 0 Å². The Morgan fingerprint density at radius 2 is 1.81 bits per heavy atom. The Balaban J connectivity index is 1.54. The minimum Gasteiger partial charge on any atom is -0.481 e. The van der Waals surface area contributed by atoms with Crippen LogP contribution in [-0.2, 0) is 4.79 Å². The fraction of sp³-hybridized carbons (Fsp3) is 0.600. The first-order chi connectivity index (χ1) is 12.5. The third kappa shape index (κ3) is 4.72. The summed E-state index contributed by atoms with van der Waals surface area (Å²) in [6.45, 7) is 3.82. The van der Waals surface area contributed by atoms with Crippen molar-refractivity contribution >= 4 is 23.8 Å². The molecule has 1 saturated heterocycles. The highest BCUT2D eigenvalue weighted by Gasteiger charge is 2.36. The number of carboxylic acid groups (broad SMARTS) is 1. The minimum absolute atomic E-state index is 0.0513. The van der Waals surface area contributed by atoms with Gasteiger partial charge < -0.3 is 15.3 Å². The van der Waals surface area contributed by atoms with Gasteiger partial charge in [0, 0.05) is 29.3 Å². The smallest absolute Gasteiger partial charge is 0.317 e. The van der Waals surface area contributed by atoms with Gasteiger partial charge in [-0.05, 0) is 44.7 Å². The summed E-state index contributed by atoms with van der Waals surface area (Å²) in [6, 6.07) is 8.55. The second kappa shape index (κ2) is 8.33. The Kier molecular flexibility index (Phi) is 6.12. The van der Waals surface area contributed by atoms with E-state index in [-0.39, 0.29) is 16.7 Å². The predicted molar refractivity (Wildman–Crippen MR) is 104 cm³/mol. The number of thioether (sulfide) groups is 1. The van der Waals surface area contributed by atoms with Gasteiger partial charge in [0.15, 0.2) is 0 Å². The van der Waals surface area contributed by atoms with E-state index >= 15 is 0 Å². The lowest BCUT2D eigenvalue weighted by Gasteiger charge is -2.33. The van der Waals surface area contributed by atoms with Crippen LogP contribution in [0, 0.1) is 12.8 Å². The lowest BCUT2D eigenvalue weighted by molar-refractivity contribution is -0.143. The Bertz CT molecular complexity index is 633. The summed E-state index contributed by atoms with van der Waals surface area (Å²) in [5.41, 5.74) is 1.26. The molecule has 1 aromatic rings. The van der Waals surface area contributed by atoms with Crippen molar-refractivity contribution in [2.24, 2.45) is 5.92 Å². The predicted octanol–water partition coefficient (Wildman–Crippen LogP) is 3.91. The van der Waals surface area contributed by atoms with E-state index in [9.17, 15) is 9.59 Å². The maximum Gasteiger partial charge on any atom is 0.317 e. The van der Waals surface area contributed by atoms with Crippen LogP contribution in [0.5, 0.6) is 0 Å². The van der Waals surface area contributed by atoms with E-state index in [4.69, 9.17) is 5.11 Å². The van der Waals surface area contributed by atoms with E-state index < -0.39 is 5.97 Å². The van der Waals surface area contributed by atoms with Crippen LogP contribution in [0.25, 0.3) is 0 Å². The highest BCUT2D eigenvalue weighted by Crippen LogP contribution is 2.45. The number of likely N-dealkylation sites (tertiary alicyclic amines) is 1. The first kappa shape index (κ1) is 19.1. The molecule has 1 aromatic carbocycles. The number of hydrogen-bond donors (Lipinski definition) is 2. The highest BCUT2D eigenvalue weighted by molar-refractivity contribution is 8.00. The lowest BCUT2D eigenvalue weighted by Crippen LogP contribution is -2.48. The molecule has 0 radical (unpaired) electrons. The molecule has 0 atom stereocenters. The number of hydrogen-bond acceptors (Lipinski definition) is 3. The molecule has 2 amide bonds. The standard InChI is InChI=1S/C20H28N2O3S/c1-15-4-6-17(7-5-15)26-20(10-2-3-11-20)14-21-19(25)22-12-8-16(9-13-22)18(23)24/h4-7,16H,2-3,8-14H2,1H3,(H,21,25)(H,23,24). The zero-order chi connectivity index (χ0) is 18.6. The number of nitrogens with zero attached hydrogens (tertiary/aromatic N) is 1. The van der Waals surface area contributed by atoms with Gasteiger partial charge in [-0.3, -0.25) is 4.79 Å². The van der Waals surface area contributed by atoms with Gasteiger partial charge in [0.05, 0.1) is 5.92 Å². The summed E-state index contributed by atoms with van der Waals surface area (Å²) in [5.74, 6) is -1.05. The molecule has 0 bridgehead atoms. The molecule has 6 heteroatoms. The van der Waals surface area contributed by atoms with Crippen molar-refractivity contribution in [1.29, 1.82) is 0 Å². The molecule has 0 unspecified atom stereocenters. The third-order valence-electron chi connectivity index (χ3n) is 5.56. The van der Waals surface area contributed by atoms with Gasteiger partial charge in [-0.25, -0.2) is 4.79 Å². The number of carbonyl (C=O) groups excluding carboxylic acids is 1. The van der Waals surface area contributed by atoms with E-state index in [1.54, 1.807) is 4.90 Å². The van der Waals surface area contributed by atoms with Crippen molar-refractivity contribution in [2.75, 3.05) is 19.6 Å². The van der Waals surface area contributed by atoms with Crippen LogP contribution in [0.15, 0.2) is 29.2 Å². The number of carbonyl (C=O) groups is 2. The number of aryl methyl sites for hydroxylation is 1. The van der Waals surface area contributed by atoms with Crippen molar-refractivity contribution in [3.05, 3.63) is 29.8 Å². The first-order valence-electron chi connectivity index (χ1n) is 9.49. The Hall–Kier alpha value is -1.69. The summed E-state index contributed by atoms with van der Waals surface area (Å²) >= 11 is 1.89. The summed E-state index contributed by atoms with van der Waals surface area (Å²) in [7, 11) is 0. The second-order valence-corrected chi connectivity index (χ2v) is 9.11. The summed E-state index contributed by atoms with van der Waals surface area (Å²) in [5, 5.41) is 12.2. The van der Waals surface area contributed by atoms with Gasteiger partial charge >= 0.3 is 12.0 Å².